The molecule has 0 spiro atoms. The quantitative estimate of drug-likeness (QED) is 0.404. The van der Waals surface area contributed by atoms with Crippen LogP contribution in [0.2, 0.25) is 0 Å². The second-order valence-corrected chi connectivity index (χ2v) is 4.32. The molecule has 20 heavy (non-hydrogen) atoms. The molecule has 0 aliphatic rings. The average molecular weight is 328 g/mol. The van der Waals surface area contributed by atoms with Gasteiger partial charge in [-0.2, -0.15) is 11.5 Å². The zero-order chi connectivity index (χ0) is 13.4. The average Bonchev–Trinajstić information content (AvgIpc) is 2.42. The van der Waals surface area contributed by atoms with E-state index in [0.717, 1.165) is 0 Å². The number of hydrogen-bond acceptors (Lipinski definition) is 4. The van der Waals surface area contributed by atoms with E-state index in [1.54, 1.807) is 24.3 Å². The van der Waals surface area contributed by atoms with Crippen LogP contribution in [0, 0.1) is 0 Å². The topological polar surface area (TPSA) is 58.2 Å². The largest absolute Gasteiger partial charge is 1.00 e. The van der Waals surface area contributed by atoms with Gasteiger partial charge in [0, 0.05) is 11.1 Å². The van der Waals surface area contributed by atoms with Gasteiger partial charge < -0.3 is 35.9 Å². The molecule has 0 bridgehead atoms. The number of benzene rings is 1. The van der Waals surface area contributed by atoms with Gasteiger partial charge in [-0.25, -0.2) is 0 Å². The normalized spacial score (nSPS) is 8.90. The molecule has 0 aliphatic heterocycles. The third-order valence-corrected chi connectivity index (χ3v) is 2.57. The van der Waals surface area contributed by atoms with Crippen LogP contribution in [0.5, 0.6) is 0 Å². The fourth-order valence-electron chi connectivity index (χ4n) is 1.33. The minimum atomic E-state index is -0.224. The fourth-order valence-corrected chi connectivity index (χ4v) is 1.54. The molecular formula is C12H14N2Na2O2S2. The van der Waals surface area contributed by atoms with Crippen LogP contribution in [0.3, 0.4) is 0 Å². The molecule has 2 N–H and O–H groups in total. The van der Waals surface area contributed by atoms with E-state index >= 15 is 0 Å². The van der Waals surface area contributed by atoms with Crippen molar-refractivity contribution in [2.75, 3.05) is 24.6 Å². The predicted octanol–water partition coefficient (Wildman–Crippen LogP) is -5.75. The second kappa shape index (κ2) is 13.5. The summed E-state index contributed by atoms with van der Waals surface area (Å²) in [7, 11) is 0. The number of rotatable bonds is 6. The van der Waals surface area contributed by atoms with Gasteiger partial charge in [0.2, 0.25) is 0 Å². The maximum Gasteiger partial charge on any atom is 1.00 e. The summed E-state index contributed by atoms with van der Waals surface area (Å²) in [6.07, 6.45) is 0. The van der Waals surface area contributed by atoms with E-state index < -0.39 is 0 Å². The Balaban J connectivity index is 0. The van der Waals surface area contributed by atoms with E-state index in [4.69, 9.17) is 25.3 Å². The van der Waals surface area contributed by atoms with Crippen molar-refractivity contribution in [1.82, 2.24) is 10.6 Å². The third-order valence-electron chi connectivity index (χ3n) is 2.16. The molecule has 1 rings (SSSR count). The first kappa shape index (κ1) is 23.1. The fraction of sp³-hybridized carbons (Fsp3) is 0.333. The van der Waals surface area contributed by atoms with Gasteiger partial charge >= 0.3 is 59.1 Å². The molecule has 0 aromatic heterocycles. The number of hydrogen-bond donors (Lipinski definition) is 2. The molecule has 8 heteroatoms. The molecule has 1 aromatic carbocycles. The van der Waals surface area contributed by atoms with Crippen molar-refractivity contribution in [1.29, 1.82) is 0 Å². The van der Waals surface area contributed by atoms with Crippen LogP contribution in [-0.2, 0) is 25.3 Å². The first-order valence-electron chi connectivity index (χ1n) is 5.51. The molecule has 0 aliphatic carbocycles. The summed E-state index contributed by atoms with van der Waals surface area (Å²) in [5, 5.41) is 5.33. The van der Waals surface area contributed by atoms with Gasteiger partial charge in [0.15, 0.2) is 0 Å². The van der Waals surface area contributed by atoms with Crippen molar-refractivity contribution in [3.8, 4) is 0 Å². The minimum absolute atomic E-state index is 0. The molecule has 1 aromatic rings. The summed E-state index contributed by atoms with van der Waals surface area (Å²) in [5.74, 6) is 0.478. The van der Waals surface area contributed by atoms with E-state index in [2.05, 4.69) is 10.6 Å². The standard InChI is InChI=1S/C12H16N2O2S2.2Na/c15-11(13-4-6-17)9-2-1-3-10(8-9)12(16)14-5-7-18;;/h1-3,8,17-18H,4-7H2,(H,13,15)(H,14,16);;/q;2*+1/p-2. The third kappa shape index (κ3) is 8.34. The van der Waals surface area contributed by atoms with Crippen molar-refractivity contribution >= 4 is 37.1 Å². The van der Waals surface area contributed by atoms with Gasteiger partial charge in [0.25, 0.3) is 11.8 Å². The molecule has 0 heterocycles. The Kier molecular flexibility index (Phi) is 15.6. The Bertz CT molecular complexity index is 398. The van der Waals surface area contributed by atoms with Crippen LogP contribution < -0.4 is 69.7 Å². The molecule has 4 nitrogen and oxygen atoms in total. The molecule has 0 saturated heterocycles. The first-order valence-corrected chi connectivity index (χ1v) is 6.67. The van der Waals surface area contributed by atoms with Gasteiger partial charge in [-0.05, 0) is 31.3 Å². The summed E-state index contributed by atoms with van der Waals surface area (Å²) in [5.41, 5.74) is 0.897. The Morgan fingerprint density at radius 3 is 1.65 bits per heavy atom. The van der Waals surface area contributed by atoms with Gasteiger partial charge in [0.1, 0.15) is 0 Å². The van der Waals surface area contributed by atoms with Crippen molar-refractivity contribution in [3.63, 3.8) is 0 Å². The maximum atomic E-state index is 11.7. The second-order valence-electron chi connectivity index (χ2n) is 3.50. The molecule has 0 atom stereocenters. The van der Waals surface area contributed by atoms with Crippen molar-refractivity contribution < 1.29 is 68.7 Å². The summed E-state index contributed by atoms with van der Waals surface area (Å²) in [6, 6.07) is 6.54. The zero-order valence-electron chi connectivity index (χ0n) is 11.8. The summed E-state index contributed by atoms with van der Waals surface area (Å²) < 4.78 is 0. The van der Waals surface area contributed by atoms with Crippen LogP contribution >= 0.6 is 0 Å². The summed E-state index contributed by atoms with van der Waals surface area (Å²) in [6.45, 7) is 0.890. The van der Waals surface area contributed by atoms with Gasteiger partial charge in [-0.3, -0.25) is 9.59 Å². The molecular weight excluding hydrogens is 314 g/mol. The van der Waals surface area contributed by atoms with E-state index in [1.807, 2.05) is 0 Å². The van der Waals surface area contributed by atoms with Gasteiger partial charge in [0.05, 0.1) is 0 Å². The van der Waals surface area contributed by atoms with Gasteiger partial charge in [-0.1, -0.05) is 6.07 Å². The Morgan fingerprint density at radius 2 is 1.30 bits per heavy atom. The zero-order valence-corrected chi connectivity index (χ0v) is 17.4. The molecule has 0 unspecified atom stereocenters. The Hall–Kier alpha value is 0.860. The SMILES string of the molecule is O=C(NCC[S-])c1cccc(C(=O)NCC[S-])c1.[Na+].[Na+]. The van der Waals surface area contributed by atoms with Crippen molar-refractivity contribution in [2.24, 2.45) is 0 Å². The maximum absolute atomic E-state index is 11.7. The van der Waals surface area contributed by atoms with Crippen molar-refractivity contribution in [3.05, 3.63) is 35.4 Å². The Labute approximate surface area is 174 Å². The van der Waals surface area contributed by atoms with Crippen LogP contribution in [0.4, 0.5) is 0 Å². The molecule has 0 fully saturated rings. The molecule has 2 amide bonds. The predicted molar refractivity (Wildman–Crippen MR) is 75.6 cm³/mol. The van der Waals surface area contributed by atoms with Crippen LogP contribution in [0.1, 0.15) is 20.7 Å². The first-order chi connectivity index (χ1) is 8.69. The smallest absolute Gasteiger partial charge is 0.791 e. The van der Waals surface area contributed by atoms with E-state index in [9.17, 15) is 9.59 Å². The monoisotopic (exact) mass is 328 g/mol. The van der Waals surface area contributed by atoms with Crippen LogP contribution in [0.15, 0.2) is 24.3 Å². The molecule has 98 valence electrons. The van der Waals surface area contributed by atoms with Crippen LogP contribution in [-0.4, -0.2) is 36.4 Å². The van der Waals surface area contributed by atoms with Gasteiger partial charge in [-0.15, -0.1) is 0 Å². The van der Waals surface area contributed by atoms with Crippen molar-refractivity contribution in [2.45, 2.75) is 0 Å². The van der Waals surface area contributed by atoms with E-state index in [0.29, 0.717) is 35.7 Å². The summed E-state index contributed by atoms with van der Waals surface area (Å²) >= 11 is 9.49. The minimum Gasteiger partial charge on any atom is -0.791 e. The Morgan fingerprint density at radius 1 is 0.900 bits per heavy atom. The molecule has 0 radical (unpaired) electrons. The number of carbonyl (C=O) groups excluding carboxylic acids is 2. The number of amides is 2. The summed E-state index contributed by atoms with van der Waals surface area (Å²) in [4.78, 5) is 23.4. The van der Waals surface area contributed by atoms with E-state index in [1.165, 1.54) is 0 Å². The number of carbonyl (C=O) groups is 2. The molecule has 0 saturated carbocycles. The van der Waals surface area contributed by atoms with E-state index in [-0.39, 0.29) is 70.9 Å². The number of nitrogens with one attached hydrogen (secondary N) is 2. The van der Waals surface area contributed by atoms with Crippen LogP contribution in [0.25, 0.3) is 0 Å².